The largest absolute Gasteiger partial charge is 0.444 e. The van der Waals surface area contributed by atoms with Crippen molar-refractivity contribution in [1.29, 1.82) is 0 Å². The van der Waals surface area contributed by atoms with Crippen LogP contribution in [0.1, 0.15) is 95.9 Å². The van der Waals surface area contributed by atoms with Gasteiger partial charge in [0, 0.05) is 12.6 Å². The van der Waals surface area contributed by atoms with Gasteiger partial charge in [-0.3, -0.25) is 9.59 Å². The molecule has 1 aliphatic carbocycles. The molecule has 2 rings (SSSR count). The molecule has 1 fully saturated rings. The third-order valence-electron chi connectivity index (χ3n) is 7.02. The Morgan fingerprint density at radius 3 is 2.35 bits per heavy atom. The highest BCUT2D eigenvalue weighted by atomic mass is 16.6. The number of rotatable bonds is 10. The van der Waals surface area contributed by atoms with Gasteiger partial charge in [-0.1, -0.05) is 63.3 Å². The van der Waals surface area contributed by atoms with Gasteiger partial charge in [0.2, 0.25) is 11.8 Å². The second-order valence-corrected chi connectivity index (χ2v) is 11.4. The highest BCUT2D eigenvalue weighted by molar-refractivity contribution is 5.92. The molecule has 208 valence electrons. The van der Waals surface area contributed by atoms with Gasteiger partial charge in [0.25, 0.3) is 0 Å². The summed E-state index contributed by atoms with van der Waals surface area (Å²) in [4.78, 5) is 42.1. The van der Waals surface area contributed by atoms with Crippen LogP contribution in [0.3, 0.4) is 0 Å². The molecule has 1 aliphatic rings. The van der Waals surface area contributed by atoms with Crippen molar-refractivity contribution in [2.75, 3.05) is 13.2 Å². The van der Waals surface area contributed by atoms with Crippen molar-refractivity contribution in [3.8, 4) is 0 Å². The Bertz CT molecular complexity index is 921. The third kappa shape index (κ3) is 9.02. The minimum Gasteiger partial charge on any atom is -0.444 e. The number of nitrogens with zero attached hydrogens (tertiary/aromatic N) is 1. The van der Waals surface area contributed by atoms with E-state index in [4.69, 9.17) is 4.74 Å². The summed E-state index contributed by atoms with van der Waals surface area (Å²) in [6.07, 6.45) is 5.05. The summed E-state index contributed by atoms with van der Waals surface area (Å²) in [6.45, 7) is 12.6. The Kier molecular flexibility index (Phi) is 11.4. The lowest BCUT2D eigenvalue weighted by Gasteiger charge is -2.37. The van der Waals surface area contributed by atoms with Gasteiger partial charge in [0.1, 0.15) is 17.7 Å². The van der Waals surface area contributed by atoms with E-state index in [1.54, 1.807) is 20.8 Å². The van der Waals surface area contributed by atoms with Crippen LogP contribution in [-0.2, 0) is 14.3 Å². The number of benzene rings is 1. The van der Waals surface area contributed by atoms with Crippen LogP contribution >= 0.6 is 0 Å². The van der Waals surface area contributed by atoms with Crippen LogP contribution in [0.15, 0.2) is 18.2 Å². The maximum absolute atomic E-state index is 14.1. The second-order valence-electron chi connectivity index (χ2n) is 11.4. The van der Waals surface area contributed by atoms with E-state index in [-0.39, 0.29) is 31.0 Å². The molecular formula is C29H47N3O5. The fourth-order valence-corrected chi connectivity index (χ4v) is 4.80. The number of hydrogen-bond donors (Lipinski definition) is 3. The topological polar surface area (TPSA) is 108 Å². The van der Waals surface area contributed by atoms with Crippen molar-refractivity contribution in [2.45, 2.75) is 111 Å². The summed E-state index contributed by atoms with van der Waals surface area (Å²) in [6, 6.07) is 4.05. The monoisotopic (exact) mass is 517 g/mol. The van der Waals surface area contributed by atoms with Gasteiger partial charge in [0.15, 0.2) is 0 Å². The number of ether oxygens (including phenoxy) is 1. The number of amides is 3. The van der Waals surface area contributed by atoms with E-state index < -0.39 is 29.7 Å². The summed E-state index contributed by atoms with van der Waals surface area (Å²) in [5.74, 6) is -0.900. The van der Waals surface area contributed by atoms with E-state index in [9.17, 15) is 19.5 Å². The Morgan fingerprint density at radius 1 is 1.14 bits per heavy atom. The number of aryl methyl sites for hydroxylation is 2. The van der Waals surface area contributed by atoms with Crippen molar-refractivity contribution in [2.24, 2.45) is 5.92 Å². The lowest BCUT2D eigenvalue weighted by Crippen LogP contribution is -2.56. The normalized spacial score (nSPS) is 16.9. The van der Waals surface area contributed by atoms with Crippen molar-refractivity contribution >= 4 is 17.9 Å². The highest BCUT2D eigenvalue weighted by Crippen LogP contribution is 2.29. The maximum atomic E-state index is 14.1. The van der Waals surface area contributed by atoms with Crippen LogP contribution in [0.2, 0.25) is 0 Å². The number of carbonyl (C=O) groups excluding carboxylic acids is 3. The number of carbonyl (C=O) groups is 3. The molecule has 0 heterocycles. The van der Waals surface area contributed by atoms with E-state index in [0.29, 0.717) is 6.42 Å². The SMILES string of the molecule is CCC(C)C(NC(=O)OC(C)(C)C)C(=O)N(CCO)C(C(=O)NC1CCCCC1)c1cc(C)ccc1C. The van der Waals surface area contributed by atoms with Crippen LogP contribution in [-0.4, -0.2) is 58.8 Å². The number of alkyl carbamates (subject to hydrolysis) is 1. The van der Waals surface area contributed by atoms with Crippen molar-refractivity contribution < 1.29 is 24.2 Å². The predicted molar refractivity (Wildman–Crippen MR) is 145 cm³/mol. The Balaban J connectivity index is 2.49. The van der Waals surface area contributed by atoms with Gasteiger partial charge in [-0.05, 0) is 64.5 Å². The fraction of sp³-hybridized carbons (Fsp3) is 0.690. The molecule has 3 N–H and O–H groups in total. The molecule has 3 atom stereocenters. The van der Waals surface area contributed by atoms with Crippen molar-refractivity contribution in [1.82, 2.24) is 15.5 Å². The molecule has 37 heavy (non-hydrogen) atoms. The lowest BCUT2D eigenvalue weighted by atomic mass is 9.92. The number of hydrogen-bond acceptors (Lipinski definition) is 5. The molecule has 8 heteroatoms. The average molecular weight is 518 g/mol. The number of nitrogens with one attached hydrogen (secondary N) is 2. The Morgan fingerprint density at radius 2 is 1.78 bits per heavy atom. The molecule has 0 aliphatic heterocycles. The maximum Gasteiger partial charge on any atom is 0.408 e. The van der Waals surface area contributed by atoms with Gasteiger partial charge in [-0.25, -0.2) is 4.79 Å². The Hall–Kier alpha value is -2.61. The van der Waals surface area contributed by atoms with E-state index in [1.807, 2.05) is 45.9 Å². The molecule has 3 unspecified atom stereocenters. The zero-order valence-corrected chi connectivity index (χ0v) is 23.7. The molecule has 1 aromatic carbocycles. The summed E-state index contributed by atoms with van der Waals surface area (Å²) >= 11 is 0. The van der Waals surface area contributed by atoms with Crippen LogP contribution in [0.4, 0.5) is 4.79 Å². The number of aliphatic hydroxyl groups is 1. The summed E-state index contributed by atoms with van der Waals surface area (Å²) in [7, 11) is 0. The first-order chi connectivity index (χ1) is 17.4. The van der Waals surface area contributed by atoms with Gasteiger partial charge in [-0.2, -0.15) is 0 Å². The van der Waals surface area contributed by atoms with Crippen LogP contribution < -0.4 is 10.6 Å². The van der Waals surface area contributed by atoms with Crippen molar-refractivity contribution in [3.05, 3.63) is 34.9 Å². The molecule has 0 bridgehead atoms. The molecule has 1 saturated carbocycles. The fourth-order valence-electron chi connectivity index (χ4n) is 4.80. The lowest BCUT2D eigenvalue weighted by molar-refractivity contribution is -0.144. The van der Waals surface area contributed by atoms with Gasteiger partial charge in [0.05, 0.1) is 6.61 Å². The van der Waals surface area contributed by atoms with Gasteiger partial charge < -0.3 is 25.4 Å². The minimum absolute atomic E-state index is 0.0437. The number of aliphatic hydroxyl groups excluding tert-OH is 1. The molecule has 3 amide bonds. The van der Waals surface area contributed by atoms with Crippen LogP contribution in [0.5, 0.6) is 0 Å². The van der Waals surface area contributed by atoms with Gasteiger partial charge >= 0.3 is 6.09 Å². The quantitative estimate of drug-likeness (QED) is 0.422. The smallest absolute Gasteiger partial charge is 0.408 e. The van der Waals surface area contributed by atoms with Crippen molar-refractivity contribution in [3.63, 3.8) is 0 Å². The molecule has 0 radical (unpaired) electrons. The molecule has 0 spiro atoms. The minimum atomic E-state index is -0.937. The molecular weight excluding hydrogens is 470 g/mol. The first-order valence-corrected chi connectivity index (χ1v) is 13.7. The zero-order chi connectivity index (χ0) is 27.8. The summed E-state index contributed by atoms with van der Waals surface area (Å²) in [5, 5.41) is 15.9. The third-order valence-corrected chi connectivity index (χ3v) is 7.02. The zero-order valence-electron chi connectivity index (χ0n) is 23.7. The van der Waals surface area contributed by atoms with E-state index in [1.165, 1.54) is 4.90 Å². The second kappa shape index (κ2) is 13.8. The van der Waals surface area contributed by atoms with Crippen LogP contribution in [0.25, 0.3) is 0 Å². The van der Waals surface area contributed by atoms with E-state index >= 15 is 0 Å². The predicted octanol–water partition coefficient (Wildman–Crippen LogP) is 4.55. The first-order valence-electron chi connectivity index (χ1n) is 13.7. The first kappa shape index (κ1) is 30.6. The van der Waals surface area contributed by atoms with E-state index in [0.717, 1.165) is 48.8 Å². The average Bonchev–Trinajstić information content (AvgIpc) is 2.83. The van der Waals surface area contributed by atoms with Gasteiger partial charge in [-0.15, -0.1) is 0 Å². The van der Waals surface area contributed by atoms with E-state index in [2.05, 4.69) is 10.6 Å². The molecule has 8 nitrogen and oxygen atoms in total. The molecule has 0 saturated heterocycles. The van der Waals surface area contributed by atoms with Crippen LogP contribution in [0, 0.1) is 19.8 Å². The standard InChI is InChI=1S/C29H47N3O5/c1-8-20(3)24(31-28(36)37-29(5,6)7)27(35)32(16-17-33)25(23-18-19(2)14-15-21(23)4)26(34)30-22-12-10-9-11-13-22/h14-15,18,20,22,24-25,33H,8-13,16-17H2,1-7H3,(H,30,34)(H,31,36). The summed E-state index contributed by atoms with van der Waals surface area (Å²) in [5.41, 5.74) is 1.84. The Labute approximate surface area is 222 Å². The molecule has 0 aromatic heterocycles. The molecule has 1 aromatic rings. The highest BCUT2D eigenvalue weighted by Gasteiger charge is 2.39. The summed E-state index contributed by atoms with van der Waals surface area (Å²) < 4.78 is 5.43.